The second-order valence-electron chi connectivity index (χ2n) is 7.09. The van der Waals surface area contributed by atoms with Crippen molar-refractivity contribution >= 4 is 22.2 Å². The van der Waals surface area contributed by atoms with E-state index in [1.54, 1.807) is 24.3 Å². The molecule has 0 unspecified atom stereocenters. The number of aliphatic carboxylic acids is 1. The molecule has 6 nitrogen and oxygen atoms in total. The van der Waals surface area contributed by atoms with E-state index >= 15 is 0 Å². The molecular formula is C23H27N2O4S-. The van der Waals surface area contributed by atoms with Gasteiger partial charge in [0, 0.05) is 31.6 Å². The predicted octanol–water partition coefficient (Wildman–Crippen LogP) is 2.91. The molecule has 1 aliphatic heterocycles. The average molecular weight is 428 g/mol. The fourth-order valence-electron chi connectivity index (χ4n) is 3.25. The third-order valence-electron chi connectivity index (χ3n) is 5.01. The summed E-state index contributed by atoms with van der Waals surface area (Å²) in [7, 11) is -0.365. The number of rotatable bonds is 8. The molecule has 1 fully saturated rings. The standard InChI is InChI=1S/C23H27N2O4S/c1-30(21-5-3-2-4-6-21)25-15-13-24(14-16-25)17-18-29-20-9-7-19(8-10-20)22(26)11-12-23(27)28/h1-10H,11-18H2,(H,27,28)/q-1. The third kappa shape index (κ3) is 6.47. The Morgan fingerprint density at radius 3 is 2.27 bits per heavy atom. The third-order valence-corrected chi connectivity index (χ3v) is 6.69. The number of hydrogen-bond donors (Lipinski definition) is 1. The van der Waals surface area contributed by atoms with E-state index in [9.17, 15) is 9.59 Å². The van der Waals surface area contributed by atoms with Crippen LogP contribution in [0.25, 0.3) is 0 Å². The lowest BCUT2D eigenvalue weighted by atomic mass is 10.1. The molecule has 0 amide bonds. The number of Topliss-reactive ketones (excluding diaryl/α,β-unsaturated/α-hetero) is 1. The summed E-state index contributed by atoms with van der Waals surface area (Å²) in [6.07, 6.45) is -0.142. The van der Waals surface area contributed by atoms with E-state index in [1.807, 2.05) is 18.2 Å². The Hall–Kier alpha value is -2.57. The number of ketones is 1. The Kier molecular flexibility index (Phi) is 8.11. The van der Waals surface area contributed by atoms with Crippen LogP contribution in [0.15, 0.2) is 59.5 Å². The number of carboxylic acids is 1. The van der Waals surface area contributed by atoms with E-state index in [1.165, 1.54) is 4.90 Å². The number of carbonyl (C=O) groups excluding carboxylic acids is 1. The lowest BCUT2D eigenvalue weighted by Gasteiger charge is -2.43. The Morgan fingerprint density at radius 1 is 0.967 bits per heavy atom. The van der Waals surface area contributed by atoms with Crippen molar-refractivity contribution in [1.29, 1.82) is 0 Å². The summed E-state index contributed by atoms with van der Waals surface area (Å²) in [4.78, 5) is 26.0. The van der Waals surface area contributed by atoms with Crippen molar-refractivity contribution in [3.63, 3.8) is 0 Å². The van der Waals surface area contributed by atoms with Gasteiger partial charge >= 0.3 is 5.97 Å². The monoisotopic (exact) mass is 427 g/mol. The topological polar surface area (TPSA) is 70.1 Å². The van der Waals surface area contributed by atoms with Gasteiger partial charge in [0.1, 0.15) is 12.4 Å². The highest BCUT2D eigenvalue weighted by Crippen LogP contribution is 2.15. The molecule has 0 radical (unpaired) electrons. The summed E-state index contributed by atoms with van der Waals surface area (Å²) < 4.78 is 8.13. The van der Waals surface area contributed by atoms with Gasteiger partial charge in [0.05, 0.1) is 6.42 Å². The molecule has 0 aromatic heterocycles. The molecule has 0 saturated carbocycles. The smallest absolute Gasteiger partial charge is 0.303 e. The molecule has 1 aliphatic rings. The van der Waals surface area contributed by atoms with E-state index < -0.39 is 5.97 Å². The van der Waals surface area contributed by atoms with Gasteiger partial charge in [0.15, 0.2) is 5.78 Å². The molecule has 0 spiro atoms. The second-order valence-corrected chi connectivity index (χ2v) is 8.70. The van der Waals surface area contributed by atoms with Crippen molar-refractivity contribution < 1.29 is 19.4 Å². The van der Waals surface area contributed by atoms with Gasteiger partial charge in [-0.15, -0.1) is 4.90 Å². The highest BCUT2D eigenvalue weighted by atomic mass is 32.2. The number of nitrogens with zero attached hydrogens (tertiary/aromatic N) is 2. The Morgan fingerprint density at radius 2 is 1.63 bits per heavy atom. The fraction of sp³-hybridized carbons (Fsp3) is 0.348. The van der Waals surface area contributed by atoms with Crippen LogP contribution in [0.2, 0.25) is 0 Å². The van der Waals surface area contributed by atoms with Gasteiger partial charge < -0.3 is 30.3 Å². The van der Waals surface area contributed by atoms with Gasteiger partial charge in [-0.1, -0.05) is 30.3 Å². The number of carboxylic acid groups (broad SMARTS) is 1. The Bertz CT molecular complexity index is 914. The van der Waals surface area contributed by atoms with Crippen molar-refractivity contribution in [3.8, 4) is 11.4 Å². The van der Waals surface area contributed by atoms with Crippen molar-refractivity contribution in [2.45, 2.75) is 17.7 Å². The van der Waals surface area contributed by atoms with Gasteiger partial charge in [-0.2, -0.15) is 0 Å². The van der Waals surface area contributed by atoms with E-state index in [2.05, 4.69) is 21.3 Å². The van der Waals surface area contributed by atoms with E-state index in [0.29, 0.717) is 17.9 Å². The fourth-order valence-corrected chi connectivity index (χ4v) is 4.54. The van der Waals surface area contributed by atoms with Gasteiger partial charge in [0.25, 0.3) is 0 Å². The normalized spacial score (nSPS) is 15.2. The van der Waals surface area contributed by atoms with Crippen molar-refractivity contribution in [1.82, 2.24) is 9.21 Å². The first-order valence-electron chi connectivity index (χ1n) is 10.0. The van der Waals surface area contributed by atoms with E-state index in [-0.39, 0.29) is 29.1 Å². The van der Waals surface area contributed by atoms with Gasteiger partial charge in [-0.05, 0) is 37.4 Å². The molecule has 0 atom stereocenters. The summed E-state index contributed by atoms with van der Waals surface area (Å²) >= 11 is 0. The molecule has 1 N–H and O–H groups in total. The van der Waals surface area contributed by atoms with Crippen LogP contribution in [-0.2, 0) is 15.3 Å². The van der Waals surface area contributed by atoms with Crippen LogP contribution >= 0.6 is 0 Å². The summed E-state index contributed by atoms with van der Waals surface area (Å²) in [6, 6.07) is 17.1. The van der Waals surface area contributed by atoms with Crippen LogP contribution in [-0.4, -0.2) is 65.4 Å². The number of carbonyl (C=O) groups is 2. The summed E-state index contributed by atoms with van der Waals surface area (Å²) in [5.41, 5.74) is 6.93. The van der Waals surface area contributed by atoms with Crippen molar-refractivity contribution in [3.05, 3.63) is 60.2 Å². The number of hydrogen-bond acceptors (Lipinski definition) is 6. The highest BCUT2D eigenvalue weighted by molar-refractivity contribution is 7.84. The molecule has 1 heterocycles. The maximum atomic E-state index is 11.9. The molecular weight excluding hydrogens is 400 g/mol. The Balaban J connectivity index is 1.38. The quantitative estimate of drug-likeness (QED) is 0.516. The summed E-state index contributed by atoms with van der Waals surface area (Å²) in [5.74, 6) is -0.432. The van der Waals surface area contributed by atoms with Crippen LogP contribution < -0.4 is 4.74 Å². The highest BCUT2D eigenvalue weighted by Gasteiger charge is 2.13. The lowest BCUT2D eigenvalue weighted by molar-refractivity contribution is -0.136. The zero-order valence-corrected chi connectivity index (χ0v) is 17.7. The van der Waals surface area contributed by atoms with E-state index in [0.717, 1.165) is 32.7 Å². The molecule has 2 aromatic carbocycles. The van der Waals surface area contributed by atoms with Gasteiger partial charge in [-0.3, -0.25) is 14.5 Å². The largest absolute Gasteiger partial charge is 0.492 e. The van der Waals surface area contributed by atoms with Gasteiger partial charge in [-0.25, -0.2) is 0 Å². The summed E-state index contributed by atoms with van der Waals surface area (Å²) in [6.45, 7) is 5.17. The molecule has 2 aromatic rings. The lowest BCUT2D eigenvalue weighted by Crippen LogP contribution is -2.47. The first-order chi connectivity index (χ1) is 14.5. The Labute approximate surface area is 179 Å². The molecule has 160 valence electrons. The van der Waals surface area contributed by atoms with Crippen LogP contribution in [0, 0.1) is 5.69 Å². The minimum Gasteiger partial charge on any atom is -0.492 e. The molecule has 7 heteroatoms. The minimum atomic E-state index is -0.966. The zero-order chi connectivity index (χ0) is 21.3. The number of piperazine rings is 1. The van der Waals surface area contributed by atoms with Crippen molar-refractivity contribution in [2.24, 2.45) is 0 Å². The number of ether oxygens (including phenoxy) is 1. The summed E-state index contributed by atoms with van der Waals surface area (Å²) in [5, 5.41) is 8.67. The first-order valence-corrected chi connectivity index (χ1v) is 11.3. The second kappa shape index (κ2) is 11.0. The SMILES string of the molecule is C#[S-](c1ccccc1)N1CCN(CCOc2ccc(C(=O)CCC(=O)O)cc2)CC1. The molecule has 0 bridgehead atoms. The maximum absolute atomic E-state index is 11.9. The van der Waals surface area contributed by atoms with E-state index in [4.69, 9.17) is 15.5 Å². The molecule has 1 saturated heterocycles. The van der Waals surface area contributed by atoms with Crippen LogP contribution in [0.5, 0.6) is 5.75 Å². The maximum Gasteiger partial charge on any atom is 0.303 e. The van der Waals surface area contributed by atoms with Crippen LogP contribution in [0.3, 0.4) is 0 Å². The van der Waals surface area contributed by atoms with Crippen molar-refractivity contribution in [2.75, 3.05) is 39.3 Å². The minimum absolute atomic E-state index is 0.00994. The first kappa shape index (κ1) is 22.1. The van der Waals surface area contributed by atoms with Crippen LogP contribution in [0.4, 0.5) is 0 Å². The predicted molar refractivity (Wildman–Crippen MR) is 118 cm³/mol. The zero-order valence-electron chi connectivity index (χ0n) is 16.9. The van der Waals surface area contributed by atoms with Gasteiger partial charge in [0.2, 0.25) is 0 Å². The molecule has 0 aliphatic carbocycles. The average Bonchev–Trinajstić information content (AvgIpc) is 2.78. The molecule has 3 rings (SSSR count). The number of benzene rings is 2. The molecule has 30 heavy (non-hydrogen) atoms. The van der Waals surface area contributed by atoms with Crippen LogP contribution in [0.1, 0.15) is 23.2 Å².